The lowest BCUT2D eigenvalue weighted by Gasteiger charge is -2.35. The fourth-order valence-electron chi connectivity index (χ4n) is 5.19. The molecule has 34 heavy (non-hydrogen) atoms. The van der Waals surface area contributed by atoms with Crippen molar-refractivity contribution in [2.24, 2.45) is 0 Å². The largest absolute Gasteiger partial charge is 0.492 e. The Balaban J connectivity index is 1.23. The van der Waals surface area contributed by atoms with Gasteiger partial charge < -0.3 is 9.64 Å². The van der Waals surface area contributed by atoms with Crippen LogP contribution in [0.5, 0.6) is 5.75 Å². The summed E-state index contributed by atoms with van der Waals surface area (Å²) < 4.78 is 6.22. The standard InChI is InChI=1S/C25H30N4O4S/c1-15-22(34-16(2)26-15)13-28-10-4-3-5-18(28)14-33-19-6-7-20-17(11-19)12-29(25(20)32)21-8-9-23(30)27-24(21)31/h6-7,11,18,21H,3-5,8-10,12-14H2,1-2H3,(H,27,30,31)/t18-,21?/m1/s1. The lowest BCUT2D eigenvalue weighted by atomic mass is 10.0. The first-order valence-electron chi connectivity index (χ1n) is 12.0. The molecule has 9 heteroatoms. The Hall–Kier alpha value is -2.78. The first-order chi connectivity index (χ1) is 16.4. The van der Waals surface area contributed by atoms with E-state index in [2.05, 4.69) is 29.0 Å². The Bertz CT molecular complexity index is 1130. The lowest BCUT2D eigenvalue weighted by Crippen LogP contribution is -2.52. The van der Waals surface area contributed by atoms with Crippen LogP contribution in [0.1, 0.15) is 63.6 Å². The molecule has 8 nitrogen and oxygen atoms in total. The summed E-state index contributed by atoms with van der Waals surface area (Å²) in [6.07, 6.45) is 4.12. The predicted molar refractivity (Wildman–Crippen MR) is 128 cm³/mol. The average molecular weight is 483 g/mol. The third-order valence-corrected chi connectivity index (χ3v) is 8.09. The van der Waals surface area contributed by atoms with Crippen molar-refractivity contribution in [3.05, 3.63) is 44.9 Å². The van der Waals surface area contributed by atoms with Crippen LogP contribution in [0, 0.1) is 13.8 Å². The van der Waals surface area contributed by atoms with Crippen molar-refractivity contribution < 1.29 is 19.1 Å². The zero-order valence-electron chi connectivity index (χ0n) is 19.6. The smallest absolute Gasteiger partial charge is 0.255 e. The lowest BCUT2D eigenvalue weighted by molar-refractivity contribution is -0.136. The van der Waals surface area contributed by atoms with Crippen LogP contribution in [0.2, 0.25) is 0 Å². The number of ether oxygens (including phenoxy) is 1. The molecule has 180 valence electrons. The maximum Gasteiger partial charge on any atom is 0.255 e. The van der Waals surface area contributed by atoms with E-state index < -0.39 is 11.9 Å². The van der Waals surface area contributed by atoms with Gasteiger partial charge in [0.1, 0.15) is 18.4 Å². The number of nitrogens with one attached hydrogen (secondary N) is 1. The van der Waals surface area contributed by atoms with E-state index in [1.165, 1.54) is 17.7 Å². The van der Waals surface area contributed by atoms with Gasteiger partial charge in [-0.1, -0.05) is 6.42 Å². The van der Waals surface area contributed by atoms with Crippen molar-refractivity contribution in [2.75, 3.05) is 13.2 Å². The Labute approximate surface area is 203 Å². The van der Waals surface area contributed by atoms with Crippen LogP contribution in [0.3, 0.4) is 0 Å². The van der Waals surface area contributed by atoms with Crippen molar-refractivity contribution in [1.29, 1.82) is 0 Å². The number of imide groups is 1. The molecule has 3 aliphatic rings. The molecule has 2 fully saturated rings. The van der Waals surface area contributed by atoms with Crippen LogP contribution in [0.25, 0.3) is 0 Å². The summed E-state index contributed by atoms with van der Waals surface area (Å²) in [5.41, 5.74) is 2.59. The maximum atomic E-state index is 12.9. The van der Waals surface area contributed by atoms with Crippen LogP contribution < -0.4 is 10.1 Å². The number of aryl methyl sites for hydroxylation is 2. The number of piperidine rings is 2. The molecule has 2 aromatic rings. The van der Waals surface area contributed by atoms with Crippen molar-refractivity contribution in [1.82, 2.24) is 20.1 Å². The molecule has 2 atom stereocenters. The second-order valence-corrected chi connectivity index (χ2v) is 10.7. The first kappa shape index (κ1) is 23.0. The topological polar surface area (TPSA) is 91.8 Å². The quantitative estimate of drug-likeness (QED) is 0.637. The predicted octanol–water partition coefficient (Wildman–Crippen LogP) is 2.95. The summed E-state index contributed by atoms with van der Waals surface area (Å²) in [5.74, 6) is -0.0899. The highest BCUT2D eigenvalue weighted by molar-refractivity contribution is 7.11. The molecule has 1 unspecified atom stereocenters. The van der Waals surface area contributed by atoms with Crippen molar-refractivity contribution >= 4 is 29.1 Å². The normalized spacial score (nSPS) is 23.2. The summed E-state index contributed by atoms with van der Waals surface area (Å²) in [4.78, 5) is 46.6. The highest BCUT2D eigenvalue weighted by Gasteiger charge is 2.39. The van der Waals surface area contributed by atoms with Gasteiger partial charge in [-0.2, -0.15) is 0 Å². The molecular weight excluding hydrogens is 452 g/mol. The molecule has 3 aliphatic heterocycles. The van der Waals surface area contributed by atoms with Crippen molar-refractivity contribution in [3.63, 3.8) is 0 Å². The van der Waals surface area contributed by atoms with E-state index in [1.807, 2.05) is 12.1 Å². The molecule has 0 saturated carbocycles. The van der Waals surface area contributed by atoms with Crippen LogP contribution in [-0.2, 0) is 22.7 Å². The molecule has 1 aromatic carbocycles. The molecule has 4 heterocycles. The minimum Gasteiger partial charge on any atom is -0.492 e. The SMILES string of the molecule is Cc1nc(C)c(CN2CCCC[C@@H]2COc2ccc3c(c2)CN(C2CCC(=O)NC2=O)C3=O)s1. The second-order valence-electron chi connectivity index (χ2n) is 9.39. The molecule has 1 aromatic heterocycles. The van der Waals surface area contributed by atoms with E-state index >= 15 is 0 Å². The molecule has 2 saturated heterocycles. The van der Waals surface area contributed by atoms with E-state index in [-0.39, 0.29) is 18.2 Å². The van der Waals surface area contributed by atoms with Gasteiger partial charge in [0.05, 0.1) is 10.7 Å². The summed E-state index contributed by atoms with van der Waals surface area (Å²) in [6.45, 7) is 7.06. The second kappa shape index (κ2) is 9.46. The van der Waals surface area contributed by atoms with Gasteiger partial charge >= 0.3 is 0 Å². The number of aromatic nitrogens is 1. The van der Waals surface area contributed by atoms with Gasteiger partial charge in [0.2, 0.25) is 11.8 Å². The van der Waals surface area contributed by atoms with Crippen LogP contribution in [-0.4, -0.2) is 57.7 Å². The fourth-order valence-corrected chi connectivity index (χ4v) is 6.16. The third-order valence-electron chi connectivity index (χ3n) is 7.03. The van der Waals surface area contributed by atoms with Gasteiger partial charge in [-0.05, 0) is 63.4 Å². The van der Waals surface area contributed by atoms with Crippen LogP contribution in [0.15, 0.2) is 18.2 Å². The average Bonchev–Trinajstić information content (AvgIpc) is 3.30. The number of benzene rings is 1. The summed E-state index contributed by atoms with van der Waals surface area (Å²) in [6, 6.07) is 5.29. The highest BCUT2D eigenvalue weighted by atomic mass is 32.1. The molecule has 0 spiro atoms. The number of rotatable bonds is 6. The minimum atomic E-state index is -0.600. The number of hydrogen-bond acceptors (Lipinski definition) is 7. The summed E-state index contributed by atoms with van der Waals surface area (Å²) in [7, 11) is 0. The molecule has 5 rings (SSSR count). The summed E-state index contributed by atoms with van der Waals surface area (Å²) in [5, 5.41) is 3.45. The molecule has 0 radical (unpaired) electrons. The third kappa shape index (κ3) is 4.59. The Morgan fingerprint density at radius 1 is 1.18 bits per heavy atom. The molecule has 0 bridgehead atoms. The number of carbonyl (C=O) groups is 3. The van der Waals surface area contributed by atoms with Gasteiger partial charge in [-0.25, -0.2) is 4.98 Å². The van der Waals surface area contributed by atoms with Crippen LogP contribution >= 0.6 is 11.3 Å². The fraction of sp³-hybridized carbons (Fsp3) is 0.520. The Morgan fingerprint density at radius 3 is 2.79 bits per heavy atom. The first-order valence-corrected chi connectivity index (χ1v) is 12.8. The van der Waals surface area contributed by atoms with Crippen LogP contribution in [0.4, 0.5) is 0 Å². The number of likely N-dealkylation sites (tertiary alicyclic amines) is 1. The van der Waals surface area contributed by atoms with E-state index in [0.29, 0.717) is 31.2 Å². The van der Waals surface area contributed by atoms with E-state index in [4.69, 9.17) is 4.74 Å². The highest BCUT2D eigenvalue weighted by Crippen LogP contribution is 2.31. The van der Waals surface area contributed by atoms with Gasteiger partial charge in [-0.15, -0.1) is 11.3 Å². The zero-order valence-corrected chi connectivity index (χ0v) is 20.5. The molecule has 3 amide bonds. The number of hydrogen-bond donors (Lipinski definition) is 1. The van der Waals surface area contributed by atoms with Gasteiger partial charge in [0.15, 0.2) is 0 Å². The maximum absolute atomic E-state index is 12.9. The van der Waals surface area contributed by atoms with Crippen molar-refractivity contribution in [2.45, 2.75) is 71.1 Å². The van der Waals surface area contributed by atoms with E-state index in [9.17, 15) is 14.4 Å². The molecule has 1 N–H and O–H groups in total. The zero-order chi connectivity index (χ0) is 23.8. The number of nitrogens with zero attached hydrogens (tertiary/aromatic N) is 3. The number of thiazole rings is 1. The summed E-state index contributed by atoms with van der Waals surface area (Å²) >= 11 is 1.77. The monoisotopic (exact) mass is 482 g/mol. The minimum absolute atomic E-state index is 0.162. The molecular formula is C25H30N4O4S. The number of carbonyl (C=O) groups excluding carboxylic acids is 3. The van der Waals surface area contributed by atoms with E-state index in [0.717, 1.165) is 41.5 Å². The Morgan fingerprint density at radius 2 is 2.03 bits per heavy atom. The van der Waals surface area contributed by atoms with Gasteiger partial charge in [0.25, 0.3) is 5.91 Å². The molecule has 0 aliphatic carbocycles. The van der Waals surface area contributed by atoms with Crippen molar-refractivity contribution in [3.8, 4) is 5.75 Å². The van der Waals surface area contributed by atoms with Gasteiger partial charge in [-0.3, -0.25) is 24.6 Å². The number of fused-ring (bicyclic) bond motifs is 1. The number of amides is 3. The van der Waals surface area contributed by atoms with Gasteiger partial charge in [0, 0.05) is 36.0 Å². The van der Waals surface area contributed by atoms with E-state index in [1.54, 1.807) is 22.3 Å². The Kier molecular flexibility index (Phi) is 6.40.